The smallest absolute Gasteiger partial charge is 0.147 e. The van der Waals surface area contributed by atoms with Crippen LogP contribution >= 0.6 is 12.4 Å². The molecule has 0 aliphatic carbocycles. The van der Waals surface area contributed by atoms with Crippen LogP contribution in [0, 0.1) is 0 Å². The molecule has 2 heteroatoms. The number of hydrogen-bond acceptors (Lipinski definition) is 0. The van der Waals surface area contributed by atoms with Crippen molar-refractivity contribution >= 4 is 30.6 Å². The van der Waals surface area contributed by atoms with E-state index in [4.69, 9.17) is 0 Å². The monoisotopic (exact) mass is 201 g/mol. The maximum Gasteiger partial charge on any atom is 0.191 e. The third kappa shape index (κ3) is 2.93. The van der Waals surface area contributed by atoms with Crippen LogP contribution in [0.4, 0.5) is 0 Å². The summed E-state index contributed by atoms with van der Waals surface area (Å²) < 4.78 is 0. The topological polar surface area (TPSA) is 0 Å². The first kappa shape index (κ1) is 10.9. The summed E-state index contributed by atoms with van der Waals surface area (Å²) in [7, 11) is 2.17. The van der Waals surface area contributed by atoms with Gasteiger partial charge in [-0.25, -0.2) is 0 Å². The molecule has 0 atom stereocenters. The molecule has 69 valence electrons. The van der Waals surface area contributed by atoms with Gasteiger partial charge in [-0.2, -0.15) is 0 Å². The number of hydrogen-bond donors (Lipinski definition) is 0. The lowest BCUT2D eigenvalue weighted by molar-refractivity contribution is 1.75. The van der Waals surface area contributed by atoms with Crippen LogP contribution in [0.2, 0.25) is 0 Å². The average Bonchev–Trinajstić information content (AvgIpc) is 2.21. The highest BCUT2D eigenvalue weighted by Gasteiger charge is 1.95. The second-order valence-electron chi connectivity index (χ2n) is 2.97. The molecule has 0 aliphatic rings. The highest BCUT2D eigenvalue weighted by Crippen LogP contribution is 1.84. The Morgan fingerprint density at radius 1 is 0.571 bits per heavy atom. The average molecular weight is 201 g/mol. The molecule has 0 nitrogen and oxygen atoms in total. The zero-order valence-electron chi connectivity index (χ0n) is 7.76. The normalized spacial score (nSPS) is 8.86. The van der Waals surface area contributed by atoms with Gasteiger partial charge in [-0.3, -0.25) is 0 Å². The van der Waals surface area contributed by atoms with Crippen molar-refractivity contribution in [3.63, 3.8) is 0 Å². The zero-order valence-corrected chi connectivity index (χ0v) is 8.58. The van der Waals surface area contributed by atoms with Crippen molar-refractivity contribution in [2.45, 2.75) is 0 Å². The molecule has 14 heavy (non-hydrogen) atoms. The van der Waals surface area contributed by atoms with Gasteiger partial charge in [0, 0.05) is 0 Å². The van der Waals surface area contributed by atoms with Crippen molar-refractivity contribution in [1.82, 2.24) is 0 Å². The minimum Gasteiger partial charge on any atom is -0.147 e. The van der Waals surface area contributed by atoms with E-state index >= 15 is 0 Å². The van der Waals surface area contributed by atoms with Crippen LogP contribution in [0.25, 0.3) is 0 Å². The van der Waals surface area contributed by atoms with Gasteiger partial charge in [-0.05, 0) is 0 Å². The van der Waals surface area contributed by atoms with Gasteiger partial charge < -0.3 is 0 Å². The zero-order chi connectivity index (χ0) is 8.93. The van der Waals surface area contributed by atoms with E-state index in [1.165, 1.54) is 10.9 Å². The van der Waals surface area contributed by atoms with Gasteiger partial charge in [0.25, 0.3) is 0 Å². The molecule has 0 saturated carbocycles. The lowest BCUT2D eigenvalue weighted by atomic mass is 9.64. The fourth-order valence-electron chi connectivity index (χ4n) is 1.29. The van der Waals surface area contributed by atoms with Gasteiger partial charge in [0.15, 0.2) is 7.28 Å². The summed E-state index contributed by atoms with van der Waals surface area (Å²) in [5.74, 6) is 0. The Morgan fingerprint density at radius 2 is 0.929 bits per heavy atom. The summed E-state index contributed by atoms with van der Waals surface area (Å²) in [6.07, 6.45) is 0. The number of rotatable bonds is 2. The van der Waals surface area contributed by atoms with Gasteiger partial charge in [0.1, 0.15) is 0 Å². The maximum atomic E-state index is 2.17. The van der Waals surface area contributed by atoms with Gasteiger partial charge >= 0.3 is 0 Å². The van der Waals surface area contributed by atoms with Crippen molar-refractivity contribution in [3.05, 3.63) is 60.7 Å². The van der Waals surface area contributed by atoms with Gasteiger partial charge in [0.2, 0.25) is 0 Å². The van der Waals surface area contributed by atoms with E-state index in [1.807, 2.05) is 12.1 Å². The lowest BCUT2D eigenvalue weighted by Gasteiger charge is -1.98. The van der Waals surface area contributed by atoms with Crippen LogP contribution in [0.5, 0.6) is 0 Å². The van der Waals surface area contributed by atoms with Gasteiger partial charge in [0.05, 0.1) is 0 Å². The summed E-state index contributed by atoms with van der Waals surface area (Å²) in [6, 6.07) is 20.7. The standard InChI is InChI=1S/C12H10B.ClH/c1-3-7-11(8-4-1)13-12-9-5-2-6-10-12;/h1-10H;1H. The second kappa shape index (κ2) is 5.51. The summed E-state index contributed by atoms with van der Waals surface area (Å²) in [5, 5.41) is 0. The molecular formula is C12H11BCl. The number of benzene rings is 2. The highest BCUT2D eigenvalue weighted by atomic mass is 35.5. The first-order valence-electron chi connectivity index (χ1n) is 4.40. The van der Waals surface area contributed by atoms with Crippen molar-refractivity contribution in [3.8, 4) is 0 Å². The van der Waals surface area contributed by atoms with Crippen molar-refractivity contribution < 1.29 is 0 Å². The van der Waals surface area contributed by atoms with Crippen LogP contribution in [0.15, 0.2) is 60.7 Å². The molecule has 0 bridgehead atoms. The van der Waals surface area contributed by atoms with Crippen molar-refractivity contribution in [2.24, 2.45) is 0 Å². The Morgan fingerprint density at radius 3 is 1.29 bits per heavy atom. The predicted octanol–water partition coefficient (Wildman–Crippen LogP) is 1.76. The third-order valence-corrected chi connectivity index (χ3v) is 1.93. The Balaban J connectivity index is 0.000000980. The van der Waals surface area contributed by atoms with Gasteiger partial charge in [-0.1, -0.05) is 71.6 Å². The molecule has 0 aliphatic heterocycles. The Labute approximate surface area is 91.6 Å². The molecule has 0 aromatic heterocycles. The highest BCUT2D eigenvalue weighted by molar-refractivity contribution is 6.67. The fraction of sp³-hybridized carbons (Fsp3) is 0. The van der Waals surface area contributed by atoms with E-state index < -0.39 is 0 Å². The number of halogens is 1. The quantitative estimate of drug-likeness (QED) is 0.650. The molecule has 0 N–H and O–H groups in total. The molecular weight excluding hydrogens is 190 g/mol. The van der Waals surface area contributed by atoms with Crippen LogP contribution in [-0.4, -0.2) is 7.28 Å². The second-order valence-corrected chi connectivity index (χ2v) is 2.97. The van der Waals surface area contributed by atoms with E-state index in [-0.39, 0.29) is 12.4 Å². The Hall–Kier alpha value is -1.21. The van der Waals surface area contributed by atoms with E-state index in [0.29, 0.717) is 0 Å². The van der Waals surface area contributed by atoms with Gasteiger partial charge in [-0.15, -0.1) is 12.4 Å². The lowest BCUT2D eigenvalue weighted by Crippen LogP contribution is -2.26. The Kier molecular flexibility index (Phi) is 4.28. The third-order valence-electron chi connectivity index (χ3n) is 1.93. The summed E-state index contributed by atoms with van der Waals surface area (Å²) in [5.41, 5.74) is 2.49. The molecule has 2 aromatic rings. The Bertz CT molecular complexity index is 321. The van der Waals surface area contributed by atoms with Crippen LogP contribution < -0.4 is 10.9 Å². The minimum absolute atomic E-state index is 0. The molecule has 0 spiro atoms. The summed E-state index contributed by atoms with van der Waals surface area (Å²) >= 11 is 0. The van der Waals surface area contributed by atoms with Crippen molar-refractivity contribution in [1.29, 1.82) is 0 Å². The van der Waals surface area contributed by atoms with Crippen LogP contribution in [-0.2, 0) is 0 Å². The van der Waals surface area contributed by atoms with Crippen LogP contribution in [0.3, 0.4) is 0 Å². The molecule has 0 unspecified atom stereocenters. The summed E-state index contributed by atoms with van der Waals surface area (Å²) in [6.45, 7) is 0. The largest absolute Gasteiger partial charge is 0.191 e. The predicted molar refractivity (Wildman–Crippen MR) is 65.2 cm³/mol. The van der Waals surface area contributed by atoms with E-state index in [0.717, 1.165) is 0 Å². The molecule has 0 saturated heterocycles. The minimum atomic E-state index is 0. The molecule has 0 fully saturated rings. The molecule has 0 heterocycles. The van der Waals surface area contributed by atoms with E-state index in [2.05, 4.69) is 55.8 Å². The molecule has 1 radical (unpaired) electrons. The first-order valence-corrected chi connectivity index (χ1v) is 4.40. The molecule has 2 aromatic carbocycles. The van der Waals surface area contributed by atoms with Crippen LogP contribution in [0.1, 0.15) is 0 Å². The fourth-order valence-corrected chi connectivity index (χ4v) is 1.29. The van der Waals surface area contributed by atoms with E-state index in [9.17, 15) is 0 Å². The van der Waals surface area contributed by atoms with Crippen molar-refractivity contribution in [2.75, 3.05) is 0 Å². The summed E-state index contributed by atoms with van der Waals surface area (Å²) in [4.78, 5) is 0. The maximum absolute atomic E-state index is 2.17. The SMILES string of the molecule is Cl.[B](c1ccccc1)c1ccccc1. The van der Waals surface area contributed by atoms with E-state index in [1.54, 1.807) is 0 Å². The molecule has 0 amide bonds. The molecule has 2 rings (SSSR count). The first-order chi connectivity index (χ1) is 6.45.